The van der Waals surface area contributed by atoms with Gasteiger partial charge in [0.25, 0.3) is 0 Å². The zero-order chi connectivity index (χ0) is 18.8. The molecular formula is C19H22N2O3S2. The van der Waals surface area contributed by atoms with Crippen LogP contribution in [-0.2, 0) is 14.8 Å². The lowest BCUT2D eigenvalue weighted by molar-refractivity contribution is -0.111. The van der Waals surface area contributed by atoms with Crippen molar-refractivity contribution in [3.63, 3.8) is 0 Å². The maximum Gasteiger partial charge on any atom is 0.248 e. The number of hydrogen-bond acceptors (Lipinski definition) is 4. The van der Waals surface area contributed by atoms with Crippen LogP contribution in [0.3, 0.4) is 0 Å². The van der Waals surface area contributed by atoms with Gasteiger partial charge in [0.1, 0.15) is 0 Å². The largest absolute Gasteiger partial charge is 0.322 e. The normalized spacial score (nSPS) is 11.6. The maximum atomic E-state index is 12.2. The van der Waals surface area contributed by atoms with Gasteiger partial charge in [0.05, 0.1) is 4.90 Å². The van der Waals surface area contributed by atoms with Crippen LogP contribution in [0, 0.1) is 0 Å². The Labute approximate surface area is 158 Å². The SMILES string of the molecule is CCCCNS(=O)(=O)c1cccc(NC(=O)C=CSc2ccccc2)c1. The molecule has 5 nitrogen and oxygen atoms in total. The Balaban J connectivity index is 1.96. The molecule has 7 heteroatoms. The predicted molar refractivity (Wildman–Crippen MR) is 107 cm³/mol. The van der Waals surface area contributed by atoms with Crippen molar-refractivity contribution in [3.8, 4) is 0 Å². The van der Waals surface area contributed by atoms with Crippen LogP contribution in [0.2, 0.25) is 0 Å². The number of benzene rings is 2. The molecule has 0 radical (unpaired) electrons. The molecule has 1 amide bonds. The van der Waals surface area contributed by atoms with Crippen LogP contribution in [0.25, 0.3) is 0 Å². The van der Waals surface area contributed by atoms with Crippen molar-refractivity contribution in [3.05, 3.63) is 66.1 Å². The fraction of sp³-hybridized carbons (Fsp3) is 0.211. The lowest BCUT2D eigenvalue weighted by Crippen LogP contribution is -2.24. The van der Waals surface area contributed by atoms with E-state index in [0.29, 0.717) is 12.2 Å². The Morgan fingerprint density at radius 1 is 1.12 bits per heavy atom. The van der Waals surface area contributed by atoms with Crippen LogP contribution < -0.4 is 10.0 Å². The Morgan fingerprint density at radius 3 is 2.62 bits per heavy atom. The fourth-order valence-electron chi connectivity index (χ4n) is 2.07. The first-order valence-electron chi connectivity index (χ1n) is 8.30. The van der Waals surface area contributed by atoms with Crippen LogP contribution in [0.5, 0.6) is 0 Å². The van der Waals surface area contributed by atoms with Crippen LogP contribution in [0.1, 0.15) is 19.8 Å². The van der Waals surface area contributed by atoms with Crippen molar-refractivity contribution in [1.82, 2.24) is 4.72 Å². The number of sulfonamides is 1. The van der Waals surface area contributed by atoms with Crippen molar-refractivity contribution >= 4 is 33.4 Å². The number of anilines is 1. The van der Waals surface area contributed by atoms with Crippen molar-refractivity contribution in [1.29, 1.82) is 0 Å². The molecule has 0 aromatic heterocycles. The van der Waals surface area contributed by atoms with E-state index >= 15 is 0 Å². The van der Waals surface area contributed by atoms with E-state index < -0.39 is 10.0 Å². The fourth-order valence-corrected chi connectivity index (χ4v) is 3.85. The summed E-state index contributed by atoms with van der Waals surface area (Å²) < 4.78 is 27.0. The van der Waals surface area contributed by atoms with Gasteiger partial charge in [-0.05, 0) is 42.2 Å². The number of carbonyl (C=O) groups excluding carboxylic acids is 1. The van der Waals surface area contributed by atoms with Gasteiger partial charge in [0, 0.05) is 23.2 Å². The third-order valence-electron chi connectivity index (χ3n) is 3.40. The number of thioether (sulfide) groups is 1. The molecule has 0 atom stereocenters. The molecule has 0 aliphatic rings. The quantitative estimate of drug-likeness (QED) is 0.385. The minimum absolute atomic E-state index is 0.133. The molecule has 0 spiro atoms. The molecule has 0 aliphatic carbocycles. The molecule has 0 saturated carbocycles. The highest BCUT2D eigenvalue weighted by Crippen LogP contribution is 2.19. The Hall–Kier alpha value is -2.09. The molecule has 2 N–H and O–H groups in total. The molecule has 138 valence electrons. The van der Waals surface area contributed by atoms with Gasteiger partial charge < -0.3 is 5.32 Å². The van der Waals surface area contributed by atoms with Crippen molar-refractivity contribution in [2.24, 2.45) is 0 Å². The second-order valence-electron chi connectivity index (χ2n) is 5.50. The topological polar surface area (TPSA) is 75.3 Å². The third-order valence-corrected chi connectivity index (χ3v) is 5.68. The van der Waals surface area contributed by atoms with Gasteiger partial charge in [0.2, 0.25) is 15.9 Å². The maximum absolute atomic E-state index is 12.2. The van der Waals surface area contributed by atoms with Gasteiger partial charge in [-0.2, -0.15) is 0 Å². The third kappa shape index (κ3) is 6.67. The summed E-state index contributed by atoms with van der Waals surface area (Å²) in [5, 5.41) is 4.37. The van der Waals surface area contributed by atoms with E-state index in [2.05, 4.69) is 10.0 Å². The number of nitrogens with one attached hydrogen (secondary N) is 2. The van der Waals surface area contributed by atoms with Gasteiger partial charge in [0.15, 0.2) is 0 Å². The average molecular weight is 391 g/mol. The second kappa shape index (κ2) is 10.2. The highest BCUT2D eigenvalue weighted by molar-refractivity contribution is 8.02. The molecular weight excluding hydrogens is 368 g/mol. The molecule has 0 saturated heterocycles. The van der Waals surface area contributed by atoms with Crippen LogP contribution >= 0.6 is 11.8 Å². The van der Waals surface area contributed by atoms with Gasteiger partial charge in [-0.15, -0.1) is 0 Å². The predicted octanol–water partition coefficient (Wildman–Crippen LogP) is 4.01. The van der Waals surface area contributed by atoms with Gasteiger partial charge in [-0.3, -0.25) is 4.79 Å². The molecule has 0 heterocycles. The molecule has 2 aromatic rings. The lowest BCUT2D eigenvalue weighted by atomic mass is 10.3. The summed E-state index contributed by atoms with van der Waals surface area (Å²) in [5.74, 6) is -0.318. The van der Waals surface area contributed by atoms with Crippen LogP contribution in [-0.4, -0.2) is 20.9 Å². The monoisotopic (exact) mass is 390 g/mol. The second-order valence-corrected chi connectivity index (χ2v) is 8.25. The molecule has 26 heavy (non-hydrogen) atoms. The number of carbonyl (C=O) groups is 1. The number of amides is 1. The smallest absolute Gasteiger partial charge is 0.248 e. The van der Waals surface area contributed by atoms with E-state index in [1.165, 1.54) is 30.0 Å². The highest BCUT2D eigenvalue weighted by Gasteiger charge is 2.13. The Kier molecular flexibility index (Phi) is 7.90. The van der Waals surface area contributed by atoms with Gasteiger partial charge >= 0.3 is 0 Å². The molecule has 2 rings (SSSR count). The van der Waals surface area contributed by atoms with Gasteiger partial charge in [-0.25, -0.2) is 13.1 Å². The minimum atomic E-state index is -3.57. The van der Waals surface area contributed by atoms with Crippen LogP contribution in [0.4, 0.5) is 5.69 Å². The van der Waals surface area contributed by atoms with Crippen LogP contribution in [0.15, 0.2) is 75.9 Å². The first kappa shape index (κ1) is 20.2. The molecule has 2 aromatic carbocycles. The van der Waals surface area contributed by atoms with E-state index in [1.807, 2.05) is 37.3 Å². The molecule has 0 aliphatic heterocycles. The summed E-state index contributed by atoms with van der Waals surface area (Å²) in [4.78, 5) is 13.2. The van der Waals surface area contributed by atoms with Crippen molar-refractivity contribution in [2.45, 2.75) is 29.6 Å². The number of rotatable bonds is 9. The molecule has 0 bridgehead atoms. The van der Waals surface area contributed by atoms with Crippen molar-refractivity contribution in [2.75, 3.05) is 11.9 Å². The summed E-state index contributed by atoms with van der Waals surface area (Å²) in [6.07, 6.45) is 3.10. The molecule has 0 unspecified atom stereocenters. The first-order valence-corrected chi connectivity index (χ1v) is 10.7. The summed E-state index contributed by atoms with van der Waals surface area (Å²) in [7, 11) is -3.57. The summed E-state index contributed by atoms with van der Waals surface area (Å²) in [6.45, 7) is 2.39. The highest BCUT2D eigenvalue weighted by atomic mass is 32.2. The zero-order valence-corrected chi connectivity index (χ0v) is 16.1. The molecule has 0 fully saturated rings. The number of hydrogen-bond donors (Lipinski definition) is 2. The summed E-state index contributed by atoms with van der Waals surface area (Å²) in [6, 6.07) is 15.9. The Morgan fingerprint density at radius 2 is 1.88 bits per heavy atom. The zero-order valence-electron chi connectivity index (χ0n) is 14.5. The van der Waals surface area contributed by atoms with Gasteiger partial charge in [-0.1, -0.05) is 49.4 Å². The van der Waals surface area contributed by atoms with E-state index in [9.17, 15) is 13.2 Å². The summed E-state index contributed by atoms with van der Waals surface area (Å²) >= 11 is 1.43. The van der Waals surface area contributed by atoms with E-state index in [0.717, 1.165) is 17.7 Å². The lowest BCUT2D eigenvalue weighted by Gasteiger charge is -2.08. The van der Waals surface area contributed by atoms with E-state index in [-0.39, 0.29) is 10.8 Å². The van der Waals surface area contributed by atoms with E-state index in [4.69, 9.17) is 0 Å². The average Bonchev–Trinajstić information content (AvgIpc) is 2.63. The van der Waals surface area contributed by atoms with Crippen molar-refractivity contribution < 1.29 is 13.2 Å². The number of unbranched alkanes of at least 4 members (excludes halogenated alkanes) is 1. The minimum Gasteiger partial charge on any atom is -0.322 e. The standard InChI is InChI=1S/C19H22N2O3S2/c1-2-3-13-20-26(23,24)18-11-7-8-16(15-18)21-19(22)12-14-25-17-9-5-4-6-10-17/h4-12,14-15,20H,2-3,13H2,1H3,(H,21,22). The first-order chi connectivity index (χ1) is 12.5. The Bertz CT molecular complexity index is 850. The summed E-state index contributed by atoms with van der Waals surface area (Å²) in [5.41, 5.74) is 0.433. The van der Waals surface area contributed by atoms with E-state index in [1.54, 1.807) is 17.5 Å².